The van der Waals surface area contributed by atoms with Gasteiger partial charge in [-0.05, 0) is 18.2 Å². The summed E-state index contributed by atoms with van der Waals surface area (Å²) < 4.78 is 2.11. The van der Waals surface area contributed by atoms with Crippen molar-refractivity contribution in [3.8, 4) is 12.1 Å². The number of nitriles is 2. The van der Waals surface area contributed by atoms with Gasteiger partial charge in [-0.3, -0.25) is 9.78 Å². The third-order valence-corrected chi connectivity index (χ3v) is 3.61. The molecule has 2 aromatic heterocycles. The molecule has 0 spiro atoms. The molecule has 0 bridgehead atoms. The molecule has 0 fully saturated rings. The molecule has 0 saturated carbocycles. The zero-order valence-electron chi connectivity index (χ0n) is 9.99. The molecule has 0 aromatic carbocycles. The van der Waals surface area contributed by atoms with E-state index in [9.17, 15) is 4.79 Å². The highest BCUT2D eigenvalue weighted by molar-refractivity contribution is 7.07. The molecule has 2 heterocycles. The van der Waals surface area contributed by atoms with E-state index in [1.165, 1.54) is 4.57 Å². The Bertz CT molecular complexity index is 847. The quantitative estimate of drug-likeness (QED) is 0.721. The Labute approximate surface area is 112 Å². The Morgan fingerprint density at radius 1 is 1.42 bits per heavy atom. The normalized spacial score (nSPS) is 10.8. The lowest BCUT2D eigenvalue weighted by Crippen LogP contribution is -2.29. The highest BCUT2D eigenvalue weighted by Crippen LogP contribution is 1.93. The maximum atomic E-state index is 12.0. The van der Waals surface area contributed by atoms with Gasteiger partial charge in [-0.1, -0.05) is 6.07 Å². The number of pyridine rings is 1. The number of aromatic nitrogens is 2. The Morgan fingerprint density at radius 3 is 2.74 bits per heavy atom. The molecule has 0 aliphatic carbocycles. The summed E-state index contributed by atoms with van der Waals surface area (Å²) in [7, 11) is 1.54. The summed E-state index contributed by atoms with van der Waals surface area (Å²) in [5.74, 6) is 0. The number of nitrogens with zero attached hydrogens (tertiary/aromatic N) is 4. The molecular formula is C13H8N4OS. The average Bonchev–Trinajstić information content (AvgIpc) is 2.70. The first kappa shape index (κ1) is 12.7. The molecule has 92 valence electrons. The zero-order chi connectivity index (χ0) is 13.8. The predicted molar refractivity (Wildman–Crippen MR) is 71.2 cm³/mol. The summed E-state index contributed by atoms with van der Waals surface area (Å²) in [4.78, 5) is 16.1. The van der Waals surface area contributed by atoms with Gasteiger partial charge in [0.25, 0.3) is 5.56 Å². The van der Waals surface area contributed by atoms with Crippen LogP contribution in [0, 0.1) is 22.7 Å². The molecule has 5 nitrogen and oxygen atoms in total. The third kappa shape index (κ3) is 2.44. The summed E-state index contributed by atoms with van der Waals surface area (Å²) in [5.41, 5.74) is 0.349. The van der Waals surface area contributed by atoms with Crippen LogP contribution in [0.1, 0.15) is 5.69 Å². The monoisotopic (exact) mass is 268 g/mol. The van der Waals surface area contributed by atoms with Crippen molar-refractivity contribution in [2.24, 2.45) is 7.05 Å². The Balaban J connectivity index is 2.79. The second kappa shape index (κ2) is 5.30. The van der Waals surface area contributed by atoms with Crippen molar-refractivity contribution < 1.29 is 0 Å². The highest BCUT2D eigenvalue weighted by Gasteiger charge is 2.05. The minimum absolute atomic E-state index is 0.0646. The van der Waals surface area contributed by atoms with Crippen LogP contribution in [0.5, 0.6) is 0 Å². The fraction of sp³-hybridized carbons (Fsp3) is 0.0769. The predicted octanol–water partition coefficient (Wildman–Crippen LogP) is -0.132. The van der Waals surface area contributed by atoms with Crippen LogP contribution < -0.4 is 14.8 Å². The molecule has 0 atom stereocenters. The SMILES string of the molecule is Cn1c(=C(C#N)C#N)sc(=Cc2ccccn2)c1=O. The molecule has 0 radical (unpaired) electrons. The Morgan fingerprint density at radius 2 is 2.16 bits per heavy atom. The van der Waals surface area contributed by atoms with Gasteiger partial charge < -0.3 is 4.57 Å². The first-order chi connectivity index (χ1) is 9.17. The topological polar surface area (TPSA) is 82.5 Å². The summed E-state index contributed by atoms with van der Waals surface area (Å²) >= 11 is 1.11. The van der Waals surface area contributed by atoms with Crippen molar-refractivity contribution in [3.05, 3.63) is 49.6 Å². The maximum absolute atomic E-state index is 12.0. The molecule has 2 aromatic rings. The van der Waals surface area contributed by atoms with E-state index in [0.29, 0.717) is 14.9 Å². The lowest BCUT2D eigenvalue weighted by molar-refractivity contribution is 0.855. The molecule has 0 aliphatic heterocycles. The minimum atomic E-state index is -0.242. The van der Waals surface area contributed by atoms with Crippen molar-refractivity contribution in [2.45, 2.75) is 0 Å². The van der Waals surface area contributed by atoms with Crippen LogP contribution in [0.3, 0.4) is 0 Å². The molecule has 0 aliphatic rings. The van der Waals surface area contributed by atoms with E-state index in [2.05, 4.69) is 4.98 Å². The minimum Gasteiger partial charge on any atom is -0.300 e. The number of rotatable bonds is 1. The van der Waals surface area contributed by atoms with E-state index < -0.39 is 0 Å². The summed E-state index contributed by atoms with van der Waals surface area (Å²) in [6.07, 6.45) is 3.27. The third-order valence-electron chi connectivity index (χ3n) is 2.43. The van der Waals surface area contributed by atoms with Crippen LogP contribution in [-0.2, 0) is 7.05 Å². The van der Waals surface area contributed by atoms with E-state index in [4.69, 9.17) is 10.5 Å². The van der Waals surface area contributed by atoms with Gasteiger partial charge in [-0.25, -0.2) is 0 Å². The van der Waals surface area contributed by atoms with Crippen LogP contribution >= 0.6 is 11.3 Å². The smallest absolute Gasteiger partial charge is 0.268 e. The molecule has 0 N–H and O–H groups in total. The van der Waals surface area contributed by atoms with E-state index in [1.807, 2.05) is 6.07 Å². The number of hydrogen-bond donors (Lipinski definition) is 0. The van der Waals surface area contributed by atoms with Gasteiger partial charge in [0.2, 0.25) is 0 Å². The van der Waals surface area contributed by atoms with Gasteiger partial charge >= 0.3 is 0 Å². The van der Waals surface area contributed by atoms with Crippen molar-refractivity contribution in [1.29, 1.82) is 10.5 Å². The lowest BCUT2D eigenvalue weighted by Gasteiger charge is -1.87. The van der Waals surface area contributed by atoms with Crippen molar-refractivity contribution in [1.82, 2.24) is 9.55 Å². The summed E-state index contributed by atoms with van der Waals surface area (Å²) in [5, 5.41) is 17.7. The second-order valence-electron chi connectivity index (χ2n) is 3.63. The maximum Gasteiger partial charge on any atom is 0.268 e. The molecule has 2 rings (SSSR count). The zero-order valence-corrected chi connectivity index (χ0v) is 10.8. The molecule has 0 saturated heterocycles. The molecule has 19 heavy (non-hydrogen) atoms. The summed E-state index contributed by atoms with van der Waals surface area (Å²) in [6, 6.07) is 8.96. The van der Waals surface area contributed by atoms with Crippen LogP contribution in [-0.4, -0.2) is 9.55 Å². The lowest BCUT2D eigenvalue weighted by atomic mass is 10.3. The fourth-order valence-electron chi connectivity index (χ4n) is 1.50. The number of thiazole rings is 1. The fourth-order valence-corrected chi connectivity index (χ4v) is 2.53. The average molecular weight is 268 g/mol. The largest absolute Gasteiger partial charge is 0.300 e. The second-order valence-corrected chi connectivity index (χ2v) is 4.66. The number of hydrogen-bond acceptors (Lipinski definition) is 5. The van der Waals surface area contributed by atoms with E-state index >= 15 is 0 Å². The van der Waals surface area contributed by atoms with Crippen molar-refractivity contribution in [2.75, 3.05) is 0 Å². The van der Waals surface area contributed by atoms with Gasteiger partial charge in [0.05, 0.1) is 10.2 Å². The van der Waals surface area contributed by atoms with Gasteiger partial charge in [-0.15, -0.1) is 11.3 Å². The van der Waals surface area contributed by atoms with Crippen LogP contribution in [0.4, 0.5) is 0 Å². The standard InChI is InChI=1S/C13H8N4OS/c1-17-12(18)11(6-10-4-2-3-5-16-10)19-13(17)9(7-14)8-15/h2-6H,1H3. The highest BCUT2D eigenvalue weighted by atomic mass is 32.1. The molecule has 0 unspecified atom stereocenters. The molecule has 6 heteroatoms. The van der Waals surface area contributed by atoms with Crippen molar-refractivity contribution in [3.63, 3.8) is 0 Å². The van der Waals surface area contributed by atoms with Crippen molar-refractivity contribution >= 4 is 23.0 Å². The van der Waals surface area contributed by atoms with E-state index in [0.717, 1.165) is 11.3 Å². The molecular weight excluding hydrogens is 260 g/mol. The summed E-state index contributed by atoms with van der Waals surface area (Å²) in [6.45, 7) is 0. The van der Waals surface area contributed by atoms with E-state index in [1.54, 1.807) is 43.6 Å². The Hall–Kier alpha value is -2.70. The van der Waals surface area contributed by atoms with Gasteiger partial charge in [0.15, 0.2) is 5.57 Å². The van der Waals surface area contributed by atoms with Gasteiger partial charge in [-0.2, -0.15) is 10.5 Å². The van der Waals surface area contributed by atoms with Gasteiger partial charge in [0, 0.05) is 13.2 Å². The molecule has 0 amide bonds. The van der Waals surface area contributed by atoms with Crippen LogP contribution in [0.25, 0.3) is 11.6 Å². The van der Waals surface area contributed by atoms with E-state index in [-0.39, 0.29) is 11.1 Å². The Kier molecular flexibility index (Phi) is 3.56. The van der Waals surface area contributed by atoms with Crippen LogP contribution in [0.15, 0.2) is 29.2 Å². The van der Waals surface area contributed by atoms with Gasteiger partial charge in [0.1, 0.15) is 16.8 Å². The first-order valence-corrected chi connectivity index (χ1v) is 6.12. The first-order valence-electron chi connectivity index (χ1n) is 5.30. The van der Waals surface area contributed by atoms with Crippen LogP contribution in [0.2, 0.25) is 0 Å².